The summed E-state index contributed by atoms with van der Waals surface area (Å²) in [4.78, 5) is 11.3. The maximum absolute atomic E-state index is 11.3. The third-order valence-electron chi connectivity index (χ3n) is 2.31. The van der Waals surface area contributed by atoms with Crippen LogP contribution in [-0.2, 0) is 4.79 Å². The molecule has 15 heavy (non-hydrogen) atoms. The summed E-state index contributed by atoms with van der Waals surface area (Å²) in [6, 6.07) is 13.7. The number of fused-ring (bicyclic) bond motifs is 1. The minimum Gasteiger partial charge on any atom is -0.273 e. The molecule has 0 unspecified atom stereocenters. The fraction of sp³-hybridized carbons (Fsp3) is 0.154. The van der Waals surface area contributed by atoms with Crippen molar-refractivity contribution in [3.8, 4) is 0 Å². The summed E-state index contributed by atoms with van der Waals surface area (Å²) >= 11 is 0. The second-order valence-electron chi connectivity index (χ2n) is 3.36. The van der Waals surface area contributed by atoms with E-state index in [0.717, 1.165) is 16.5 Å². The SMILES string of the molecule is CCC(=O)[N]c1cccc2ccccc12. The van der Waals surface area contributed by atoms with E-state index in [1.165, 1.54) is 0 Å². The van der Waals surface area contributed by atoms with Crippen molar-refractivity contribution in [1.82, 2.24) is 5.32 Å². The number of nitrogens with zero attached hydrogens (tertiary/aromatic N) is 1. The largest absolute Gasteiger partial charge is 0.273 e. The first-order chi connectivity index (χ1) is 7.31. The summed E-state index contributed by atoms with van der Waals surface area (Å²) in [5, 5.41) is 6.21. The van der Waals surface area contributed by atoms with Crippen LogP contribution in [0.4, 0.5) is 5.69 Å². The molecule has 0 heterocycles. The molecule has 0 fully saturated rings. The van der Waals surface area contributed by atoms with Gasteiger partial charge in [-0.05, 0) is 11.5 Å². The van der Waals surface area contributed by atoms with Crippen molar-refractivity contribution in [2.75, 3.05) is 0 Å². The fourth-order valence-electron chi connectivity index (χ4n) is 1.52. The Morgan fingerprint density at radius 3 is 2.67 bits per heavy atom. The van der Waals surface area contributed by atoms with Crippen LogP contribution >= 0.6 is 0 Å². The van der Waals surface area contributed by atoms with E-state index in [1.54, 1.807) is 0 Å². The lowest BCUT2D eigenvalue weighted by Gasteiger charge is -2.04. The highest BCUT2D eigenvalue weighted by atomic mass is 16.1. The Balaban J connectivity index is 2.46. The average molecular weight is 198 g/mol. The fourth-order valence-corrected chi connectivity index (χ4v) is 1.52. The van der Waals surface area contributed by atoms with E-state index in [9.17, 15) is 4.79 Å². The van der Waals surface area contributed by atoms with Crippen LogP contribution in [0.5, 0.6) is 0 Å². The molecule has 1 radical (unpaired) electrons. The van der Waals surface area contributed by atoms with Crippen LogP contribution in [0, 0.1) is 0 Å². The standard InChI is InChI=1S/C13H12NO/c1-2-13(15)14-12-9-5-7-10-6-3-4-8-11(10)12/h3-9H,2H2,1H3. The van der Waals surface area contributed by atoms with Gasteiger partial charge in [0.2, 0.25) is 5.91 Å². The Bertz CT molecular complexity index is 485. The molecule has 0 saturated carbocycles. The van der Waals surface area contributed by atoms with E-state index >= 15 is 0 Å². The summed E-state index contributed by atoms with van der Waals surface area (Å²) in [5.74, 6) is -0.0775. The normalized spacial score (nSPS) is 10.2. The third-order valence-corrected chi connectivity index (χ3v) is 2.31. The van der Waals surface area contributed by atoms with E-state index in [1.807, 2.05) is 49.4 Å². The van der Waals surface area contributed by atoms with Gasteiger partial charge in [0, 0.05) is 11.8 Å². The van der Waals surface area contributed by atoms with Crippen molar-refractivity contribution in [2.45, 2.75) is 13.3 Å². The number of amides is 1. The van der Waals surface area contributed by atoms with Crippen LogP contribution in [0.3, 0.4) is 0 Å². The van der Waals surface area contributed by atoms with Gasteiger partial charge in [0.25, 0.3) is 0 Å². The number of rotatable bonds is 2. The molecule has 2 heteroatoms. The second-order valence-corrected chi connectivity index (χ2v) is 3.36. The molecule has 0 saturated heterocycles. The zero-order valence-corrected chi connectivity index (χ0v) is 8.60. The van der Waals surface area contributed by atoms with Crippen molar-refractivity contribution in [3.63, 3.8) is 0 Å². The highest BCUT2D eigenvalue weighted by Crippen LogP contribution is 2.22. The molecule has 0 bridgehead atoms. The lowest BCUT2D eigenvalue weighted by molar-refractivity contribution is -0.119. The first kappa shape index (κ1) is 9.71. The van der Waals surface area contributed by atoms with Gasteiger partial charge >= 0.3 is 0 Å². The number of hydrogen-bond acceptors (Lipinski definition) is 1. The van der Waals surface area contributed by atoms with E-state index in [0.29, 0.717) is 6.42 Å². The van der Waals surface area contributed by atoms with Crippen molar-refractivity contribution in [2.24, 2.45) is 0 Å². The predicted molar refractivity (Wildman–Crippen MR) is 61.0 cm³/mol. The molecular weight excluding hydrogens is 186 g/mol. The van der Waals surface area contributed by atoms with Crippen LogP contribution in [0.1, 0.15) is 13.3 Å². The Hall–Kier alpha value is -1.83. The summed E-state index contributed by atoms with van der Waals surface area (Å²) in [5.41, 5.74) is 0.764. The van der Waals surface area contributed by atoms with E-state index in [2.05, 4.69) is 5.32 Å². The maximum Gasteiger partial charge on any atom is 0.245 e. The van der Waals surface area contributed by atoms with Gasteiger partial charge in [-0.15, -0.1) is 0 Å². The van der Waals surface area contributed by atoms with Crippen LogP contribution in [-0.4, -0.2) is 5.91 Å². The first-order valence-corrected chi connectivity index (χ1v) is 5.03. The number of carbonyl (C=O) groups excluding carboxylic acids is 1. The van der Waals surface area contributed by atoms with Crippen molar-refractivity contribution in [1.29, 1.82) is 0 Å². The third kappa shape index (κ3) is 1.99. The van der Waals surface area contributed by atoms with Gasteiger partial charge in [0.15, 0.2) is 0 Å². The highest BCUT2D eigenvalue weighted by Gasteiger charge is 2.04. The molecule has 75 valence electrons. The molecule has 0 aromatic heterocycles. The zero-order chi connectivity index (χ0) is 10.7. The lowest BCUT2D eigenvalue weighted by Crippen LogP contribution is -2.08. The molecule has 2 nitrogen and oxygen atoms in total. The van der Waals surface area contributed by atoms with Crippen molar-refractivity contribution >= 4 is 22.4 Å². The Kier molecular flexibility index (Phi) is 2.68. The maximum atomic E-state index is 11.3. The number of hydrogen-bond donors (Lipinski definition) is 0. The lowest BCUT2D eigenvalue weighted by atomic mass is 10.1. The van der Waals surface area contributed by atoms with Crippen LogP contribution in [0.15, 0.2) is 42.5 Å². The average Bonchev–Trinajstić information content (AvgIpc) is 2.29. The summed E-state index contributed by atoms with van der Waals surface area (Å²) in [6.07, 6.45) is 0.448. The summed E-state index contributed by atoms with van der Waals surface area (Å²) < 4.78 is 0. The highest BCUT2D eigenvalue weighted by molar-refractivity contribution is 5.96. The van der Waals surface area contributed by atoms with Crippen LogP contribution < -0.4 is 5.32 Å². The van der Waals surface area contributed by atoms with Gasteiger partial charge in [-0.25, -0.2) is 5.32 Å². The first-order valence-electron chi connectivity index (χ1n) is 5.03. The molecule has 0 atom stereocenters. The topological polar surface area (TPSA) is 31.2 Å². The van der Waals surface area contributed by atoms with Crippen LogP contribution in [0.2, 0.25) is 0 Å². The molecule has 0 aliphatic carbocycles. The van der Waals surface area contributed by atoms with Gasteiger partial charge < -0.3 is 0 Å². The molecule has 2 aromatic rings. The van der Waals surface area contributed by atoms with E-state index in [4.69, 9.17) is 0 Å². The molecule has 0 aliphatic rings. The number of carbonyl (C=O) groups is 1. The van der Waals surface area contributed by atoms with E-state index < -0.39 is 0 Å². The zero-order valence-electron chi connectivity index (χ0n) is 8.60. The van der Waals surface area contributed by atoms with E-state index in [-0.39, 0.29) is 5.91 Å². The molecule has 0 N–H and O–H groups in total. The van der Waals surface area contributed by atoms with Crippen LogP contribution in [0.25, 0.3) is 10.8 Å². The molecule has 0 aliphatic heterocycles. The molecule has 0 spiro atoms. The van der Waals surface area contributed by atoms with Gasteiger partial charge in [0.1, 0.15) is 0 Å². The van der Waals surface area contributed by atoms with Gasteiger partial charge in [-0.1, -0.05) is 43.3 Å². The Morgan fingerprint density at radius 2 is 1.87 bits per heavy atom. The summed E-state index contributed by atoms with van der Waals surface area (Å²) in [6.45, 7) is 1.82. The van der Waals surface area contributed by atoms with Crippen molar-refractivity contribution in [3.05, 3.63) is 42.5 Å². The second kappa shape index (κ2) is 4.13. The molecule has 1 amide bonds. The quantitative estimate of drug-likeness (QED) is 0.729. The monoisotopic (exact) mass is 198 g/mol. The predicted octanol–water partition coefficient (Wildman–Crippen LogP) is 3.01. The number of benzene rings is 2. The minimum atomic E-state index is -0.0775. The molecular formula is C13H12NO. The van der Waals surface area contributed by atoms with Gasteiger partial charge in [0.05, 0.1) is 5.69 Å². The molecule has 2 rings (SSSR count). The minimum absolute atomic E-state index is 0.0775. The Morgan fingerprint density at radius 1 is 1.13 bits per heavy atom. The van der Waals surface area contributed by atoms with Gasteiger partial charge in [-0.3, -0.25) is 4.79 Å². The summed E-state index contributed by atoms with van der Waals surface area (Å²) in [7, 11) is 0. The van der Waals surface area contributed by atoms with Gasteiger partial charge in [-0.2, -0.15) is 0 Å². The van der Waals surface area contributed by atoms with Crippen molar-refractivity contribution < 1.29 is 4.79 Å². The smallest absolute Gasteiger partial charge is 0.245 e. The molecule has 2 aromatic carbocycles. The Labute approximate surface area is 88.9 Å².